The molecule has 1 aromatic rings. The molecular weight excluding hydrogens is 284 g/mol. The summed E-state index contributed by atoms with van der Waals surface area (Å²) in [6.07, 6.45) is 2.96. The molecule has 2 fully saturated rings. The van der Waals surface area contributed by atoms with Gasteiger partial charge >= 0.3 is 0 Å². The Hall–Kier alpha value is -1.36. The van der Waals surface area contributed by atoms with Crippen LogP contribution in [0.1, 0.15) is 38.7 Å². The van der Waals surface area contributed by atoms with E-state index in [-0.39, 0.29) is 4.90 Å². The van der Waals surface area contributed by atoms with Crippen molar-refractivity contribution in [3.8, 4) is 0 Å². The standard InChI is InChI=1S/C16H22N2O2S/c1-11-4-7-13(8-5-11)21(19,20)18-17-12-6-9-14-15(10-12)16(14,2)3/h4-5,7-8,14-15,18H,6,9-10H2,1-3H3/b17-12-/t14-,15+/m0/s1. The quantitative estimate of drug-likeness (QED) is 0.872. The maximum Gasteiger partial charge on any atom is 0.276 e. The summed E-state index contributed by atoms with van der Waals surface area (Å²) < 4.78 is 24.4. The second-order valence-corrected chi connectivity index (χ2v) is 8.52. The van der Waals surface area contributed by atoms with Crippen LogP contribution in [0.2, 0.25) is 0 Å². The van der Waals surface area contributed by atoms with Gasteiger partial charge in [0, 0.05) is 5.71 Å². The number of aryl methyl sites for hydroxylation is 1. The van der Waals surface area contributed by atoms with Gasteiger partial charge in [0.1, 0.15) is 0 Å². The predicted molar refractivity (Wildman–Crippen MR) is 83.5 cm³/mol. The zero-order valence-corrected chi connectivity index (χ0v) is 13.6. The molecule has 4 nitrogen and oxygen atoms in total. The monoisotopic (exact) mass is 306 g/mol. The maximum atomic E-state index is 12.2. The molecule has 2 aliphatic rings. The molecule has 0 aromatic heterocycles. The van der Waals surface area contributed by atoms with Crippen molar-refractivity contribution in [3.63, 3.8) is 0 Å². The van der Waals surface area contributed by atoms with Gasteiger partial charge in [-0.3, -0.25) is 0 Å². The number of hydrogen-bond acceptors (Lipinski definition) is 3. The van der Waals surface area contributed by atoms with E-state index >= 15 is 0 Å². The third-order valence-corrected chi connectivity index (χ3v) is 6.37. The number of hydrogen-bond donors (Lipinski definition) is 1. The second kappa shape index (κ2) is 4.83. The minimum Gasteiger partial charge on any atom is -0.200 e. The minimum atomic E-state index is -3.55. The van der Waals surface area contributed by atoms with Crippen molar-refractivity contribution in [3.05, 3.63) is 29.8 Å². The number of nitrogens with one attached hydrogen (secondary N) is 1. The van der Waals surface area contributed by atoms with E-state index < -0.39 is 10.0 Å². The van der Waals surface area contributed by atoms with Gasteiger partial charge in [0.05, 0.1) is 4.90 Å². The fraction of sp³-hybridized carbons (Fsp3) is 0.562. The van der Waals surface area contributed by atoms with Gasteiger partial charge < -0.3 is 0 Å². The summed E-state index contributed by atoms with van der Waals surface area (Å²) in [6.45, 7) is 6.52. The predicted octanol–water partition coefficient (Wildman–Crippen LogP) is 3.09. The molecule has 3 rings (SSSR count). The largest absolute Gasteiger partial charge is 0.276 e. The highest BCUT2D eigenvalue weighted by Crippen LogP contribution is 2.64. The van der Waals surface area contributed by atoms with Crippen LogP contribution in [-0.2, 0) is 10.0 Å². The van der Waals surface area contributed by atoms with E-state index in [0.29, 0.717) is 11.3 Å². The molecule has 0 spiro atoms. The Bertz CT molecular complexity index is 675. The summed E-state index contributed by atoms with van der Waals surface area (Å²) in [4.78, 5) is 2.65. The summed E-state index contributed by atoms with van der Waals surface area (Å²) in [7, 11) is -3.55. The van der Waals surface area contributed by atoms with Gasteiger partial charge in [-0.15, -0.1) is 0 Å². The van der Waals surface area contributed by atoms with Crippen molar-refractivity contribution in [2.24, 2.45) is 22.4 Å². The Kier molecular flexibility index (Phi) is 3.35. The Balaban J connectivity index is 1.69. The first kappa shape index (κ1) is 14.6. The van der Waals surface area contributed by atoms with Crippen LogP contribution in [-0.4, -0.2) is 14.1 Å². The molecule has 5 heteroatoms. The molecule has 114 valence electrons. The van der Waals surface area contributed by atoms with E-state index in [9.17, 15) is 8.42 Å². The third-order valence-electron chi connectivity index (χ3n) is 5.14. The van der Waals surface area contributed by atoms with Crippen molar-refractivity contribution in [1.29, 1.82) is 0 Å². The summed E-state index contributed by atoms with van der Waals surface area (Å²) in [5, 5.41) is 4.18. The summed E-state index contributed by atoms with van der Waals surface area (Å²) in [5.41, 5.74) is 2.43. The molecule has 0 bridgehead atoms. The van der Waals surface area contributed by atoms with Gasteiger partial charge in [-0.05, 0) is 55.6 Å². The molecular formula is C16H22N2O2S. The van der Waals surface area contributed by atoms with Gasteiger partial charge in [0.15, 0.2) is 0 Å². The number of rotatable bonds is 3. The van der Waals surface area contributed by atoms with E-state index in [1.54, 1.807) is 24.3 Å². The fourth-order valence-electron chi connectivity index (χ4n) is 3.51. The average molecular weight is 306 g/mol. The number of fused-ring (bicyclic) bond motifs is 1. The van der Waals surface area contributed by atoms with E-state index in [4.69, 9.17) is 0 Å². The Morgan fingerprint density at radius 2 is 1.86 bits per heavy atom. The molecule has 1 N–H and O–H groups in total. The van der Waals surface area contributed by atoms with Gasteiger partial charge in [0.2, 0.25) is 0 Å². The highest BCUT2D eigenvalue weighted by atomic mass is 32.2. The van der Waals surface area contributed by atoms with Gasteiger partial charge in [-0.1, -0.05) is 31.5 Å². The van der Waals surface area contributed by atoms with E-state index in [2.05, 4.69) is 23.8 Å². The molecule has 2 atom stereocenters. The van der Waals surface area contributed by atoms with Crippen LogP contribution in [0, 0.1) is 24.2 Å². The van der Waals surface area contributed by atoms with Crippen molar-refractivity contribution >= 4 is 15.7 Å². The average Bonchev–Trinajstić information content (AvgIpc) is 2.99. The molecule has 0 heterocycles. The second-order valence-electron chi connectivity index (χ2n) is 6.86. The molecule has 2 aliphatic carbocycles. The van der Waals surface area contributed by atoms with E-state index in [1.165, 1.54) is 0 Å². The normalized spacial score (nSPS) is 29.0. The number of hydrazone groups is 1. The smallest absolute Gasteiger partial charge is 0.200 e. The summed E-state index contributed by atoms with van der Waals surface area (Å²) >= 11 is 0. The molecule has 0 aliphatic heterocycles. The lowest BCUT2D eigenvalue weighted by molar-refractivity contribution is 0.537. The zero-order valence-electron chi connectivity index (χ0n) is 12.8. The van der Waals surface area contributed by atoms with Gasteiger partial charge in [-0.2, -0.15) is 13.5 Å². The first-order valence-corrected chi connectivity index (χ1v) is 8.93. The van der Waals surface area contributed by atoms with Crippen LogP contribution in [0.15, 0.2) is 34.3 Å². The molecule has 0 radical (unpaired) electrons. The maximum absolute atomic E-state index is 12.2. The Labute approximate surface area is 126 Å². The fourth-order valence-corrected chi connectivity index (χ4v) is 4.36. The van der Waals surface area contributed by atoms with Crippen LogP contribution >= 0.6 is 0 Å². The molecule has 21 heavy (non-hydrogen) atoms. The van der Waals surface area contributed by atoms with E-state index in [0.717, 1.165) is 36.5 Å². The molecule has 2 saturated carbocycles. The lowest BCUT2D eigenvalue weighted by Gasteiger charge is -2.12. The highest BCUT2D eigenvalue weighted by Gasteiger charge is 2.58. The SMILES string of the molecule is Cc1ccc(S(=O)(=O)N/N=C2/CC[C@H]3[C@@H](C2)C3(C)C)cc1. The van der Waals surface area contributed by atoms with Gasteiger partial charge in [-0.25, -0.2) is 4.83 Å². The molecule has 1 aromatic carbocycles. The van der Waals surface area contributed by atoms with Crippen LogP contribution in [0.5, 0.6) is 0 Å². The Morgan fingerprint density at radius 1 is 1.19 bits per heavy atom. The lowest BCUT2D eigenvalue weighted by atomic mass is 9.99. The molecule has 0 saturated heterocycles. The Morgan fingerprint density at radius 3 is 2.48 bits per heavy atom. The summed E-state index contributed by atoms with van der Waals surface area (Å²) in [6, 6.07) is 6.80. The van der Waals surface area contributed by atoms with Crippen molar-refractivity contribution in [1.82, 2.24) is 4.83 Å². The number of sulfonamides is 1. The van der Waals surface area contributed by atoms with Crippen molar-refractivity contribution in [2.45, 2.75) is 44.9 Å². The molecule has 0 amide bonds. The van der Waals surface area contributed by atoms with Crippen molar-refractivity contribution in [2.75, 3.05) is 0 Å². The topological polar surface area (TPSA) is 58.5 Å². The first-order valence-electron chi connectivity index (χ1n) is 7.44. The number of benzene rings is 1. The highest BCUT2D eigenvalue weighted by molar-refractivity contribution is 7.89. The van der Waals surface area contributed by atoms with Crippen LogP contribution in [0.3, 0.4) is 0 Å². The zero-order chi connectivity index (χ0) is 15.3. The lowest BCUT2D eigenvalue weighted by Crippen LogP contribution is -2.21. The first-order chi connectivity index (χ1) is 9.80. The summed E-state index contributed by atoms with van der Waals surface area (Å²) in [5.74, 6) is 1.47. The number of nitrogens with zero attached hydrogens (tertiary/aromatic N) is 1. The van der Waals surface area contributed by atoms with Gasteiger partial charge in [0.25, 0.3) is 10.0 Å². The van der Waals surface area contributed by atoms with Crippen LogP contribution in [0.25, 0.3) is 0 Å². The van der Waals surface area contributed by atoms with E-state index in [1.807, 2.05) is 6.92 Å². The molecule has 0 unspecified atom stereocenters. The van der Waals surface area contributed by atoms with Crippen LogP contribution < -0.4 is 4.83 Å². The third kappa shape index (κ3) is 2.71. The van der Waals surface area contributed by atoms with Crippen LogP contribution in [0.4, 0.5) is 0 Å². The van der Waals surface area contributed by atoms with Crippen molar-refractivity contribution < 1.29 is 8.42 Å². The minimum absolute atomic E-state index is 0.262.